The second-order valence-electron chi connectivity index (χ2n) is 12.5. The van der Waals surface area contributed by atoms with Crippen LogP contribution in [0.3, 0.4) is 0 Å². The Morgan fingerprint density at radius 2 is 0.763 bits per heavy atom. The largest absolute Gasteiger partial charge is 0.0619 e. The minimum Gasteiger partial charge on any atom is -0.0619 e. The van der Waals surface area contributed by atoms with E-state index in [0.29, 0.717) is 0 Å². The van der Waals surface area contributed by atoms with Crippen molar-refractivity contribution >= 4 is 0 Å². The second-order valence-corrected chi connectivity index (χ2v) is 12.5. The normalized spacial score (nSPS) is 15.5. The molecule has 2 aliphatic rings. The summed E-state index contributed by atoms with van der Waals surface area (Å²) in [6.45, 7) is 13.9. The molecule has 5 aromatic rings. The zero-order valence-electron chi connectivity index (χ0n) is 23.2. The first-order valence-electron chi connectivity index (χ1n) is 13.8. The molecule has 0 saturated heterocycles. The van der Waals surface area contributed by atoms with E-state index < -0.39 is 0 Å². The van der Waals surface area contributed by atoms with Gasteiger partial charge in [-0.3, -0.25) is 0 Å². The SMILES string of the molecule is Cc1cc(C)cc(-c2ccc3c(c2)C(C)(C)c2cc(-c4ccc5c(c4)C(C)(C)c4ccccc4-5)ccc2-3)c1. The number of rotatable bonds is 2. The van der Waals surface area contributed by atoms with Gasteiger partial charge >= 0.3 is 0 Å². The minimum atomic E-state index is -0.0538. The summed E-state index contributed by atoms with van der Waals surface area (Å²) < 4.78 is 0. The van der Waals surface area contributed by atoms with Crippen LogP contribution in [0.15, 0.2) is 97.1 Å². The average molecular weight is 491 g/mol. The van der Waals surface area contributed by atoms with Gasteiger partial charge in [0.2, 0.25) is 0 Å². The quantitative estimate of drug-likeness (QED) is 0.231. The van der Waals surface area contributed by atoms with Crippen LogP contribution in [0.5, 0.6) is 0 Å². The Morgan fingerprint density at radius 1 is 0.368 bits per heavy atom. The van der Waals surface area contributed by atoms with Gasteiger partial charge in [-0.05, 0) is 98.8 Å². The van der Waals surface area contributed by atoms with E-state index in [-0.39, 0.29) is 10.8 Å². The molecule has 2 aliphatic carbocycles. The molecular weight excluding hydrogens is 456 g/mol. The molecule has 0 atom stereocenters. The molecule has 7 rings (SSSR count). The third-order valence-corrected chi connectivity index (χ3v) is 9.15. The third-order valence-electron chi connectivity index (χ3n) is 9.15. The van der Waals surface area contributed by atoms with Crippen molar-refractivity contribution in [3.05, 3.63) is 130 Å². The Labute approximate surface area is 227 Å². The van der Waals surface area contributed by atoms with Gasteiger partial charge in [-0.2, -0.15) is 0 Å². The van der Waals surface area contributed by atoms with E-state index in [9.17, 15) is 0 Å². The van der Waals surface area contributed by atoms with Gasteiger partial charge < -0.3 is 0 Å². The van der Waals surface area contributed by atoms with E-state index in [2.05, 4.69) is 139 Å². The number of benzene rings is 5. The lowest BCUT2D eigenvalue weighted by Crippen LogP contribution is -2.15. The minimum absolute atomic E-state index is 0.0126. The van der Waals surface area contributed by atoms with Crippen molar-refractivity contribution in [2.45, 2.75) is 52.4 Å². The fourth-order valence-corrected chi connectivity index (χ4v) is 7.12. The lowest BCUT2D eigenvalue weighted by Gasteiger charge is -2.23. The first kappa shape index (κ1) is 23.2. The molecular formula is C38H34. The predicted octanol–water partition coefficient (Wildman–Crippen LogP) is 10.3. The predicted molar refractivity (Wildman–Crippen MR) is 162 cm³/mol. The molecule has 0 aromatic heterocycles. The fourth-order valence-electron chi connectivity index (χ4n) is 7.12. The molecule has 0 N–H and O–H groups in total. The number of aryl methyl sites for hydroxylation is 2. The van der Waals surface area contributed by atoms with E-state index >= 15 is 0 Å². The van der Waals surface area contributed by atoms with Crippen molar-refractivity contribution in [3.8, 4) is 44.5 Å². The van der Waals surface area contributed by atoms with Crippen molar-refractivity contribution in [1.29, 1.82) is 0 Å². The molecule has 38 heavy (non-hydrogen) atoms. The van der Waals surface area contributed by atoms with E-state index in [1.165, 1.54) is 77.9 Å². The number of fused-ring (bicyclic) bond motifs is 6. The molecule has 5 aromatic carbocycles. The summed E-state index contributed by atoms with van der Waals surface area (Å²) in [5.74, 6) is 0. The standard InChI is InChI=1S/C38H34/c1-23-17-24(2)19-28(18-23)27-13-16-32-31-15-12-26(21-35(31)38(5,6)36(32)22-27)25-11-14-30-29-9-7-8-10-33(29)37(3,4)34(30)20-25/h7-22H,1-6H3. The number of hydrogen-bond acceptors (Lipinski definition) is 0. The Kier molecular flexibility index (Phi) is 4.77. The van der Waals surface area contributed by atoms with Crippen LogP contribution >= 0.6 is 0 Å². The topological polar surface area (TPSA) is 0 Å². The number of hydrogen-bond donors (Lipinski definition) is 0. The van der Waals surface area contributed by atoms with Crippen molar-refractivity contribution in [3.63, 3.8) is 0 Å². The van der Waals surface area contributed by atoms with Crippen LogP contribution in [0.4, 0.5) is 0 Å². The van der Waals surface area contributed by atoms with E-state index in [1.807, 2.05) is 0 Å². The maximum absolute atomic E-state index is 2.45. The maximum atomic E-state index is 2.45. The van der Waals surface area contributed by atoms with Crippen LogP contribution in [-0.2, 0) is 10.8 Å². The molecule has 0 spiro atoms. The van der Waals surface area contributed by atoms with Crippen molar-refractivity contribution in [2.24, 2.45) is 0 Å². The molecule has 0 fully saturated rings. The highest BCUT2D eigenvalue weighted by molar-refractivity contribution is 5.87. The summed E-state index contributed by atoms with van der Waals surface area (Å²) in [6.07, 6.45) is 0. The summed E-state index contributed by atoms with van der Waals surface area (Å²) in [5, 5.41) is 0. The van der Waals surface area contributed by atoms with Gasteiger partial charge in [0.15, 0.2) is 0 Å². The Bertz CT molecular complexity index is 1760. The zero-order chi connectivity index (χ0) is 26.4. The molecule has 0 nitrogen and oxygen atoms in total. The van der Waals surface area contributed by atoms with Crippen LogP contribution < -0.4 is 0 Å². The summed E-state index contributed by atoms with van der Waals surface area (Å²) in [5.41, 5.74) is 19.0. The molecule has 0 aliphatic heterocycles. The smallest absolute Gasteiger partial charge is 0.0159 e. The highest BCUT2D eigenvalue weighted by Gasteiger charge is 2.37. The molecule has 0 heterocycles. The lowest BCUT2D eigenvalue weighted by atomic mass is 9.80. The van der Waals surface area contributed by atoms with Crippen LogP contribution in [0.25, 0.3) is 44.5 Å². The van der Waals surface area contributed by atoms with Crippen LogP contribution in [-0.4, -0.2) is 0 Å². The summed E-state index contributed by atoms with van der Waals surface area (Å²) in [4.78, 5) is 0. The lowest BCUT2D eigenvalue weighted by molar-refractivity contribution is 0.659. The second kappa shape index (κ2) is 7.81. The van der Waals surface area contributed by atoms with E-state index in [4.69, 9.17) is 0 Å². The van der Waals surface area contributed by atoms with Crippen molar-refractivity contribution < 1.29 is 0 Å². The first-order chi connectivity index (χ1) is 18.1. The van der Waals surface area contributed by atoms with E-state index in [1.54, 1.807) is 0 Å². The van der Waals surface area contributed by atoms with Gasteiger partial charge in [0.25, 0.3) is 0 Å². The summed E-state index contributed by atoms with van der Waals surface area (Å²) >= 11 is 0. The molecule has 0 radical (unpaired) electrons. The Morgan fingerprint density at radius 3 is 1.26 bits per heavy atom. The van der Waals surface area contributed by atoms with Gasteiger partial charge in [0.1, 0.15) is 0 Å². The van der Waals surface area contributed by atoms with Gasteiger partial charge in [0, 0.05) is 10.8 Å². The fraction of sp³-hybridized carbons (Fsp3) is 0.211. The van der Waals surface area contributed by atoms with Gasteiger partial charge in [-0.25, -0.2) is 0 Å². The average Bonchev–Trinajstić information content (AvgIpc) is 3.27. The molecule has 0 saturated carbocycles. The maximum Gasteiger partial charge on any atom is 0.0159 e. The molecule has 0 bridgehead atoms. The van der Waals surface area contributed by atoms with Crippen LogP contribution in [0, 0.1) is 13.8 Å². The van der Waals surface area contributed by atoms with E-state index in [0.717, 1.165) is 0 Å². The highest BCUT2D eigenvalue weighted by Crippen LogP contribution is 2.52. The Hall–Kier alpha value is -3.90. The monoisotopic (exact) mass is 490 g/mol. The van der Waals surface area contributed by atoms with Crippen molar-refractivity contribution in [2.75, 3.05) is 0 Å². The van der Waals surface area contributed by atoms with Crippen LogP contribution in [0.1, 0.15) is 61.1 Å². The summed E-state index contributed by atoms with van der Waals surface area (Å²) in [6, 6.07) is 37.0. The molecule has 0 unspecified atom stereocenters. The first-order valence-corrected chi connectivity index (χ1v) is 13.8. The van der Waals surface area contributed by atoms with Gasteiger partial charge in [-0.15, -0.1) is 0 Å². The Balaban J connectivity index is 1.31. The highest BCUT2D eigenvalue weighted by atomic mass is 14.4. The summed E-state index contributed by atoms with van der Waals surface area (Å²) in [7, 11) is 0. The molecule has 0 heteroatoms. The molecule has 0 amide bonds. The van der Waals surface area contributed by atoms with Gasteiger partial charge in [0.05, 0.1) is 0 Å². The van der Waals surface area contributed by atoms with Crippen LogP contribution in [0.2, 0.25) is 0 Å². The van der Waals surface area contributed by atoms with Crippen molar-refractivity contribution in [1.82, 2.24) is 0 Å². The molecule has 186 valence electrons. The zero-order valence-corrected chi connectivity index (χ0v) is 23.2. The van der Waals surface area contributed by atoms with Gasteiger partial charge in [-0.1, -0.05) is 118 Å². The third kappa shape index (κ3) is 3.23.